The molecule has 0 unspecified atom stereocenters. The largest absolute Gasteiger partial charge is 0.455 e. The molecule has 0 amide bonds. The average Bonchev–Trinajstić information content (AvgIpc) is 2.90. The number of esters is 3. The lowest BCUT2D eigenvalue weighted by Crippen LogP contribution is -2.81. The number of carbonyl (C=O) groups is 4. The fraction of sp³-hybridized carbons (Fsp3) is 0.613. The maximum absolute atomic E-state index is 14.8. The zero-order valence-electron chi connectivity index (χ0n) is 24.6. The molecular formula is C31H38O11. The van der Waals surface area contributed by atoms with Crippen LogP contribution in [0.25, 0.3) is 0 Å². The van der Waals surface area contributed by atoms with E-state index < -0.39 is 82.2 Å². The van der Waals surface area contributed by atoms with E-state index in [-0.39, 0.29) is 30.6 Å². The topological polar surface area (TPSA) is 166 Å². The SMILES string of the molecule is CC(=O)O[C@H]1C(=O)[C@@]2(C)[C@H]([C@H](OC(=O)c3ccccc3)[C@]3(O)C[C@@H](O)C(C)=C1C3(C)C)[C@]1(OC(C)=O)CO[C@@H]1C[C@@H]2O. The van der Waals surface area contributed by atoms with Crippen molar-refractivity contribution >= 4 is 23.7 Å². The molecule has 228 valence electrons. The first-order chi connectivity index (χ1) is 19.5. The van der Waals surface area contributed by atoms with Crippen LogP contribution in [0.15, 0.2) is 41.5 Å². The van der Waals surface area contributed by atoms with Crippen LogP contribution in [0.3, 0.4) is 0 Å². The number of aliphatic hydroxyl groups excluding tert-OH is 2. The van der Waals surface area contributed by atoms with Gasteiger partial charge in [-0.25, -0.2) is 4.79 Å². The summed E-state index contributed by atoms with van der Waals surface area (Å²) < 4.78 is 23.5. The van der Waals surface area contributed by atoms with Gasteiger partial charge in [0.15, 0.2) is 17.5 Å². The Balaban J connectivity index is 1.84. The van der Waals surface area contributed by atoms with Crippen molar-refractivity contribution in [2.45, 2.75) is 96.1 Å². The second kappa shape index (κ2) is 9.97. The van der Waals surface area contributed by atoms with Crippen molar-refractivity contribution in [3.63, 3.8) is 0 Å². The zero-order chi connectivity index (χ0) is 31.0. The molecule has 11 heteroatoms. The van der Waals surface area contributed by atoms with Crippen molar-refractivity contribution in [2.24, 2.45) is 16.7 Å². The van der Waals surface area contributed by atoms with Gasteiger partial charge >= 0.3 is 17.9 Å². The van der Waals surface area contributed by atoms with Crippen LogP contribution >= 0.6 is 0 Å². The Hall–Kier alpha value is -3.12. The molecule has 2 saturated carbocycles. The van der Waals surface area contributed by atoms with E-state index in [0.717, 1.165) is 6.92 Å². The minimum Gasteiger partial charge on any atom is -0.455 e. The smallest absolute Gasteiger partial charge is 0.338 e. The molecule has 3 N–H and O–H groups in total. The molecule has 1 saturated heterocycles. The zero-order valence-corrected chi connectivity index (χ0v) is 24.6. The van der Waals surface area contributed by atoms with Crippen molar-refractivity contribution in [1.29, 1.82) is 0 Å². The van der Waals surface area contributed by atoms with Crippen LogP contribution in [0, 0.1) is 16.7 Å². The van der Waals surface area contributed by atoms with Gasteiger partial charge < -0.3 is 34.3 Å². The molecule has 5 rings (SSSR count). The quantitative estimate of drug-likeness (QED) is 0.267. The predicted molar refractivity (Wildman–Crippen MR) is 145 cm³/mol. The standard InChI is InChI=1S/C31H38O11/c1-15-19(34)13-31(38)26(41-27(37)18-10-8-7-9-11-18)24-29(6,20(35)12-21-30(24,14-39-21)42-17(3)33)25(36)23(40-16(2)32)22(15)28(31,4)5/h7-11,19-21,23-24,26,34-35,38H,12-14H2,1-6H3/t19-,20+,21-,23-,24+,26+,29-,30+,31-/m1/s1. The lowest BCUT2D eigenvalue weighted by Gasteiger charge is -2.67. The van der Waals surface area contributed by atoms with E-state index in [4.69, 9.17) is 18.9 Å². The predicted octanol–water partition coefficient (Wildman–Crippen LogP) is 1.65. The van der Waals surface area contributed by atoms with Crippen molar-refractivity contribution in [2.75, 3.05) is 6.61 Å². The van der Waals surface area contributed by atoms with Crippen LogP contribution in [-0.2, 0) is 33.3 Å². The van der Waals surface area contributed by atoms with E-state index >= 15 is 0 Å². The second-order valence-corrected chi connectivity index (χ2v) is 12.8. The van der Waals surface area contributed by atoms with Crippen molar-refractivity contribution < 1.29 is 53.4 Å². The molecule has 42 heavy (non-hydrogen) atoms. The summed E-state index contributed by atoms with van der Waals surface area (Å²) >= 11 is 0. The fourth-order valence-electron chi connectivity index (χ4n) is 7.91. The summed E-state index contributed by atoms with van der Waals surface area (Å²) in [7, 11) is 0. The average molecular weight is 587 g/mol. The number of ketones is 1. The molecule has 3 aliphatic carbocycles. The van der Waals surface area contributed by atoms with Gasteiger partial charge in [-0.2, -0.15) is 0 Å². The molecule has 2 bridgehead atoms. The number of Topliss-reactive ketones (excluding diaryl/α,β-unsaturated/α-hetero) is 1. The van der Waals surface area contributed by atoms with Crippen LogP contribution < -0.4 is 0 Å². The number of ether oxygens (including phenoxy) is 4. The summed E-state index contributed by atoms with van der Waals surface area (Å²) in [5.41, 5.74) is -6.38. The molecule has 1 aliphatic heterocycles. The van der Waals surface area contributed by atoms with Gasteiger partial charge in [0.05, 0.1) is 35.7 Å². The Kier molecular flexibility index (Phi) is 7.20. The highest BCUT2D eigenvalue weighted by molar-refractivity contribution is 5.95. The van der Waals surface area contributed by atoms with E-state index in [1.165, 1.54) is 26.0 Å². The van der Waals surface area contributed by atoms with Gasteiger partial charge in [-0.1, -0.05) is 32.0 Å². The minimum absolute atomic E-state index is 0.110. The van der Waals surface area contributed by atoms with Crippen molar-refractivity contribution in [3.05, 3.63) is 47.0 Å². The maximum Gasteiger partial charge on any atom is 0.338 e. The first-order valence-electron chi connectivity index (χ1n) is 14.1. The Labute approximate surface area is 243 Å². The van der Waals surface area contributed by atoms with E-state index in [9.17, 15) is 34.5 Å². The molecule has 4 aliphatic rings. The van der Waals surface area contributed by atoms with Crippen molar-refractivity contribution in [3.8, 4) is 0 Å². The molecule has 0 radical (unpaired) electrons. The van der Waals surface area contributed by atoms with Gasteiger partial charge in [0.2, 0.25) is 0 Å². The van der Waals surface area contributed by atoms with Gasteiger partial charge in [-0.15, -0.1) is 0 Å². The Bertz CT molecular complexity index is 1350. The third-order valence-electron chi connectivity index (χ3n) is 10.2. The van der Waals surface area contributed by atoms with Crippen LogP contribution in [-0.4, -0.2) is 87.3 Å². The normalized spacial score (nSPS) is 40.4. The first kappa shape index (κ1) is 30.3. The van der Waals surface area contributed by atoms with Crippen LogP contribution in [0.4, 0.5) is 0 Å². The Morgan fingerprint density at radius 3 is 2.19 bits per heavy atom. The molecular weight excluding hydrogens is 548 g/mol. The summed E-state index contributed by atoms with van der Waals surface area (Å²) in [6.45, 7) is 8.42. The number of hydrogen-bond donors (Lipinski definition) is 3. The summed E-state index contributed by atoms with van der Waals surface area (Å²) in [4.78, 5) is 53.4. The van der Waals surface area contributed by atoms with Gasteiger partial charge in [-0.05, 0) is 37.1 Å². The van der Waals surface area contributed by atoms with Gasteiger partial charge in [0, 0.05) is 32.1 Å². The molecule has 9 atom stereocenters. The molecule has 3 fully saturated rings. The first-order valence-corrected chi connectivity index (χ1v) is 14.1. The highest BCUT2D eigenvalue weighted by atomic mass is 16.6. The number of hydrogen-bond acceptors (Lipinski definition) is 11. The van der Waals surface area contributed by atoms with Gasteiger partial charge in [0.1, 0.15) is 17.8 Å². The highest BCUT2D eigenvalue weighted by Gasteiger charge is 2.78. The van der Waals surface area contributed by atoms with Crippen LogP contribution in [0.5, 0.6) is 0 Å². The van der Waals surface area contributed by atoms with Gasteiger partial charge in [-0.3, -0.25) is 14.4 Å². The summed E-state index contributed by atoms with van der Waals surface area (Å²) in [5.74, 6) is -4.41. The molecule has 1 heterocycles. The lowest BCUT2D eigenvalue weighted by atomic mass is 9.44. The second-order valence-electron chi connectivity index (χ2n) is 12.8. The number of benzene rings is 1. The molecule has 1 aromatic rings. The summed E-state index contributed by atoms with van der Waals surface area (Å²) in [6.07, 6.45) is -7.27. The summed E-state index contributed by atoms with van der Waals surface area (Å²) in [6, 6.07) is 8.05. The van der Waals surface area contributed by atoms with Crippen LogP contribution in [0.1, 0.15) is 64.7 Å². The minimum atomic E-state index is -2.11. The number of aliphatic hydroxyl groups is 3. The number of carbonyl (C=O) groups excluding carboxylic acids is 4. The molecule has 0 aromatic heterocycles. The van der Waals surface area contributed by atoms with E-state index in [0.29, 0.717) is 5.57 Å². The molecule has 1 aromatic carbocycles. The number of rotatable bonds is 4. The summed E-state index contributed by atoms with van der Waals surface area (Å²) in [5, 5.41) is 35.8. The maximum atomic E-state index is 14.8. The number of fused-ring (bicyclic) bond motifs is 5. The van der Waals surface area contributed by atoms with Gasteiger partial charge in [0.25, 0.3) is 0 Å². The highest BCUT2D eigenvalue weighted by Crippen LogP contribution is 2.64. The fourth-order valence-corrected chi connectivity index (χ4v) is 7.91. The Morgan fingerprint density at radius 1 is 1.00 bits per heavy atom. The Morgan fingerprint density at radius 2 is 1.64 bits per heavy atom. The van der Waals surface area contributed by atoms with Crippen molar-refractivity contribution in [1.82, 2.24) is 0 Å². The van der Waals surface area contributed by atoms with E-state index in [1.54, 1.807) is 39.0 Å². The third kappa shape index (κ3) is 4.08. The lowest BCUT2D eigenvalue weighted by molar-refractivity contribution is -0.345. The van der Waals surface area contributed by atoms with Crippen LogP contribution in [0.2, 0.25) is 0 Å². The monoisotopic (exact) mass is 586 g/mol. The van der Waals surface area contributed by atoms with E-state index in [1.807, 2.05) is 0 Å². The molecule has 0 spiro atoms. The van der Waals surface area contributed by atoms with E-state index in [2.05, 4.69) is 0 Å². The third-order valence-corrected chi connectivity index (χ3v) is 10.2. The molecule has 11 nitrogen and oxygen atoms in total.